The Kier molecular flexibility index (Phi) is 6.38. The number of pyridine rings is 1. The highest BCUT2D eigenvalue weighted by Crippen LogP contribution is 2.25. The number of hydrogen-bond donors (Lipinski definition) is 1. The van der Waals surface area contributed by atoms with Gasteiger partial charge in [0.2, 0.25) is 0 Å². The summed E-state index contributed by atoms with van der Waals surface area (Å²) in [7, 11) is 1.40. The molecule has 4 rings (SSSR count). The van der Waals surface area contributed by atoms with Gasteiger partial charge in [-0.05, 0) is 41.3 Å². The van der Waals surface area contributed by atoms with E-state index >= 15 is 0 Å². The SMILES string of the molecule is COC(=O)[C@@H]1C[C@@H](NC(=O)c2ccccc2-c2ccccc2)CN1Cc1ccncc1. The second-order valence-electron chi connectivity index (χ2n) is 7.64. The maximum Gasteiger partial charge on any atom is 0.323 e. The number of rotatable bonds is 6. The van der Waals surface area contributed by atoms with Gasteiger partial charge in [-0.15, -0.1) is 0 Å². The molecule has 6 heteroatoms. The van der Waals surface area contributed by atoms with Crippen molar-refractivity contribution in [1.29, 1.82) is 0 Å². The molecule has 6 nitrogen and oxygen atoms in total. The molecule has 1 aromatic heterocycles. The summed E-state index contributed by atoms with van der Waals surface area (Å²) in [6.45, 7) is 1.16. The summed E-state index contributed by atoms with van der Waals surface area (Å²) < 4.78 is 5.01. The van der Waals surface area contributed by atoms with E-state index in [-0.39, 0.29) is 17.9 Å². The molecular weight excluding hydrogens is 390 g/mol. The number of ether oxygens (including phenoxy) is 1. The molecule has 3 aromatic rings. The first-order valence-corrected chi connectivity index (χ1v) is 10.3. The molecule has 158 valence electrons. The first kappa shape index (κ1) is 20.8. The molecular formula is C25H25N3O3. The fourth-order valence-corrected chi connectivity index (χ4v) is 4.10. The maximum absolute atomic E-state index is 13.2. The van der Waals surface area contributed by atoms with Crippen LogP contribution in [0.1, 0.15) is 22.3 Å². The first-order valence-electron chi connectivity index (χ1n) is 10.3. The number of nitrogens with zero attached hydrogens (tertiary/aromatic N) is 2. The van der Waals surface area contributed by atoms with E-state index in [0.717, 1.165) is 16.7 Å². The van der Waals surface area contributed by atoms with E-state index in [9.17, 15) is 9.59 Å². The van der Waals surface area contributed by atoms with E-state index < -0.39 is 6.04 Å². The van der Waals surface area contributed by atoms with Crippen LogP contribution < -0.4 is 5.32 Å². The van der Waals surface area contributed by atoms with Crippen LogP contribution in [0, 0.1) is 0 Å². The van der Waals surface area contributed by atoms with Crippen molar-refractivity contribution >= 4 is 11.9 Å². The lowest BCUT2D eigenvalue weighted by atomic mass is 9.99. The molecule has 1 amide bonds. The van der Waals surface area contributed by atoms with Gasteiger partial charge in [0.25, 0.3) is 5.91 Å². The molecule has 1 N–H and O–H groups in total. The van der Waals surface area contributed by atoms with E-state index in [1.54, 1.807) is 12.4 Å². The number of nitrogens with one attached hydrogen (secondary N) is 1. The summed E-state index contributed by atoms with van der Waals surface area (Å²) in [5.74, 6) is -0.422. The third-order valence-electron chi connectivity index (χ3n) is 5.60. The van der Waals surface area contributed by atoms with Gasteiger partial charge in [0.05, 0.1) is 7.11 Å². The average Bonchev–Trinajstić information content (AvgIpc) is 3.21. The normalized spacial score (nSPS) is 18.5. The van der Waals surface area contributed by atoms with Crippen LogP contribution in [0.2, 0.25) is 0 Å². The van der Waals surface area contributed by atoms with E-state index in [2.05, 4.69) is 15.2 Å². The Hall–Kier alpha value is -3.51. The Morgan fingerprint density at radius 2 is 1.74 bits per heavy atom. The highest BCUT2D eigenvalue weighted by atomic mass is 16.5. The van der Waals surface area contributed by atoms with Gasteiger partial charge in [0.15, 0.2) is 0 Å². The molecule has 31 heavy (non-hydrogen) atoms. The van der Waals surface area contributed by atoms with Gasteiger partial charge < -0.3 is 10.1 Å². The van der Waals surface area contributed by atoms with Crippen molar-refractivity contribution in [2.24, 2.45) is 0 Å². The van der Waals surface area contributed by atoms with Crippen molar-refractivity contribution in [3.8, 4) is 11.1 Å². The number of hydrogen-bond acceptors (Lipinski definition) is 5. The number of carbonyl (C=O) groups is 2. The molecule has 0 saturated carbocycles. The Morgan fingerprint density at radius 1 is 1.03 bits per heavy atom. The Morgan fingerprint density at radius 3 is 2.48 bits per heavy atom. The molecule has 1 fully saturated rings. The molecule has 1 saturated heterocycles. The van der Waals surface area contributed by atoms with Crippen LogP contribution in [0.5, 0.6) is 0 Å². The minimum absolute atomic E-state index is 0.140. The van der Waals surface area contributed by atoms with Gasteiger partial charge in [-0.1, -0.05) is 48.5 Å². The lowest BCUT2D eigenvalue weighted by Gasteiger charge is -2.22. The Bertz CT molecular complexity index is 1040. The molecule has 1 aliphatic rings. The predicted molar refractivity (Wildman–Crippen MR) is 118 cm³/mol. The van der Waals surface area contributed by atoms with Crippen molar-refractivity contribution in [3.63, 3.8) is 0 Å². The Balaban J connectivity index is 1.51. The third-order valence-corrected chi connectivity index (χ3v) is 5.60. The number of benzene rings is 2. The van der Waals surface area contributed by atoms with Crippen LogP contribution in [0.3, 0.4) is 0 Å². The fraction of sp³-hybridized carbons (Fsp3) is 0.240. The highest BCUT2D eigenvalue weighted by Gasteiger charge is 2.38. The second kappa shape index (κ2) is 9.53. The minimum Gasteiger partial charge on any atom is -0.468 e. The summed E-state index contributed by atoms with van der Waals surface area (Å²) in [6, 6.07) is 20.7. The van der Waals surface area contributed by atoms with E-state index in [0.29, 0.717) is 25.1 Å². The topological polar surface area (TPSA) is 71.5 Å². The summed E-state index contributed by atoms with van der Waals surface area (Å²) >= 11 is 0. The van der Waals surface area contributed by atoms with Gasteiger partial charge in [0.1, 0.15) is 6.04 Å². The van der Waals surface area contributed by atoms with Crippen molar-refractivity contribution in [2.75, 3.05) is 13.7 Å². The molecule has 0 spiro atoms. The van der Waals surface area contributed by atoms with Crippen LogP contribution >= 0.6 is 0 Å². The molecule has 0 aliphatic carbocycles. The summed E-state index contributed by atoms with van der Waals surface area (Å²) in [6.07, 6.45) is 3.98. The number of carbonyl (C=O) groups excluding carboxylic acids is 2. The molecule has 2 atom stereocenters. The number of aromatic nitrogens is 1. The Labute approximate surface area is 181 Å². The number of amides is 1. The van der Waals surface area contributed by atoms with E-state index in [4.69, 9.17) is 4.74 Å². The van der Waals surface area contributed by atoms with Crippen LogP contribution in [-0.4, -0.2) is 47.5 Å². The van der Waals surface area contributed by atoms with Crippen molar-refractivity contribution < 1.29 is 14.3 Å². The zero-order chi connectivity index (χ0) is 21.6. The summed E-state index contributed by atoms with van der Waals surface area (Å²) in [5.41, 5.74) is 3.56. The minimum atomic E-state index is -0.396. The molecule has 0 radical (unpaired) electrons. The molecule has 2 aromatic carbocycles. The van der Waals surface area contributed by atoms with E-state index in [1.807, 2.05) is 66.7 Å². The number of esters is 1. The highest BCUT2D eigenvalue weighted by molar-refractivity contribution is 6.01. The van der Waals surface area contributed by atoms with Crippen LogP contribution in [0.15, 0.2) is 79.1 Å². The molecule has 2 heterocycles. The van der Waals surface area contributed by atoms with Gasteiger partial charge in [0, 0.05) is 37.1 Å². The predicted octanol–water partition coefficient (Wildman–Crippen LogP) is 3.29. The van der Waals surface area contributed by atoms with Crippen LogP contribution in [-0.2, 0) is 16.1 Å². The van der Waals surface area contributed by atoms with Gasteiger partial charge in [-0.3, -0.25) is 19.5 Å². The van der Waals surface area contributed by atoms with Crippen LogP contribution in [0.4, 0.5) is 0 Å². The van der Waals surface area contributed by atoms with Crippen LogP contribution in [0.25, 0.3) is 11.1 Å². The van der Waals surface area contributed by atoms with E-state index in [1.165, 1.54) is 7.11 Å². The fourth-order valence-electron chi connectivity index (χ4n) is 4.10. The standard InChI is InChI=1S/C25H25N3O3/c1-31-25(30)23-15-20(17-28(23)16-18-11-13-26-14-12-18)27-24(29)22-10-6-5-9-21(22)19-7-3-2-4-8-19/h2-14,20,23H,15-17H2,1H3,(H,27,29)/t20-,23+/m1/s1. The van der Waals surface area contributed by atoms with Gasteiger partial charge in [-0.2, -0.15) is 0 Å². The third kappa shape index (κ3) is 4.81. The molecule has 1 aliphatic heterocycles. The number of likely N-dealkylation sites (tertiary alicyclic amines) is 1. The quantitative estimate of drug-likeness (QED) is 0.626. The largest absolute Gasteiger partial charge is 0.468 e. The van der Waals surface area contributed by atoms with Gasteiger partial charge >= 0.3 is 5.97 Å². The molecule has 0 unspecified atom stereocenters. The number of methoxy groups -OCH3 is 1. The monoisotopic (exact) mass is 415 g/mol. The molecule has 0 bridgehead atoms. The zero-order valence-corrected chi connectivity index (χ0v) is 17.4. The van der Waals surface area contributed by atoms with Crippen molar-refractivity contribution in [1.82, 2.24) is 15.2 Å². The summed E-state index contributed by atoms with van der Waals surface area (Å²) in [5, 5.41) is 3.13. The lowest BCUT2D eigenvalue weighted by molar-refractivity contribution is -0.146. The lowest BCUT2D eigenvalue weighted by Crippen LogP contribution is -2.37. The zero-order valence-electron chi connectivity index (χ0n) is 17.4. The smallest absolute Gasteiger partial charge is 0.323 e. The first-order chi connectivity index (χ1) is 15.2. The van der Waals surface area contributed by atoms with Crippen molar-refractivity contribution in [3.05, 3.63) is 90.3 Å². The summed E-state index contributed by atoms with van der Waals surface area (Å²) in [4.78, 5) is 31.6. The second-order valence-corrected chi connectivity index (χ2v) is 7.64. The average molecular weight is 415 g/mol. The van der Waals surface area contributed by atoms with Crippen molar-refractivity contribution in [2.45, 2.75) is 25.0 Å². The van der Waals surface area contributed by atoms with Gasteiger partial charge in [-0.25, -0.2) is 0 Å². The maximum atomic E-state index is 13.2.